The lowest BCUT2D eigenvalue weighted by Crippen LogP contribution is -2.20. The maximum atomic E-state index is 10.5. The number of aliphatic carboxylic acids is 1. The van der Waals surface area contributed by atoms with E-state index in [2.05, 4.69) is 0 Å². The van der Waals surface area contributed by atoms with Crippen LogP contribution in [-0.2, 0) is 14.9 Å². The summed E-state index contributed by atoms with van der Waals surface area (Å²) in [5, 5.41) is 17.4. The zero-order chi connectivity index (χ0) is 17.6. The quantitative estimate of drug-likeness (QED) is 0.624. The maximum Gasteiger partial charge on any atom is 0.325 e. The Bertz CT molecular complexity index is 754. The van der Waals surface area contributed by atoms with Gasteiger partial charge in [-0.15, -0.1) is 0 Å². The standard InChI is InChI=1S/C8H9NO3.C7H8O3S/c9-7(8(11)12)5-1-3-6(10)4-2-5;1-6-2-4-7(5-3-6)11(8,9)10/h1-4,7,10H,9H2,(H,11,12);2-5H,1H3,(H,8,9,10)/t7-;/m0./s1. The van der Waals surface area contributed by atoms with Crippen LogP contribution >= 0.6 is 0 Å². The van der Waals surface area contributed by atoms with Gasteiger partial charge in [-0.3, -0.25) is 9.35 Å². The van der Waals surface area contributed by atoms with E-state index in [9.17, 15) is 13.2 Å². The van der Waals surface area contributed by atoms with E-state index in [0.717, 1.165) is 5.56 Å². The fraction of sp³-hybridized carbons (Fsp3) is 0.133. The van der Waals surface area contributed by atoms with E-state index in [-0.39, 0.29) is 10.6 Å². The highest BCUT2D eigenvalue weighted by molar-refractivity contribution is 7.85. The molecule has 0 aromatic heterocycles. The third kappa shape index (κ3) is 6.07. The summed E-state index contributed by atoms with van der Waals surface area (Å²) in [6.45, 7) is 1.84. The number of phenolic OH excluding ortho intramolecular Hbond substituents is 1. The normalized spacial score (nSPS) is 12.0. The van der Waals surface area contributed by atoms with Crippen molar-refractivity contribution < 1.29 is 28.0 Å². The van der Waals surface area contributed by atoms with Gasteiger partial charge in [0.1, 0.15) is 11.8 Å². The van der Waals surface area contributed by atoms with Gasteiger partial charge in [-0.25, -0.2) is 0 Å². The second-order valence-electron chi connectivity index (χ2n) is 4.70. The van der Waals surface area contributed by atoms with Gasteiger partial charge in [-0.2, -0.15) is 8.42 Å². The summed E-state index contributed by atoms with van der Waals surface area (Å²) in [6, 6.07) is 10.7. The van der Waals surface area contributed by atoms with Crippen LogP contribution in [0.3, 0.4) is 0 Å². The Hall–Kier alpha value is -2.42. The summed E-state index contributed by atoms with van der Waals surface area (Å²) < 4.78 is 29.6. The SMILES string of the molecule is Cc1ccc(S(=O)(=O)O)cc1.N[C@H](C(=O)O)c1ccc(O)cc1. The van der Waals surface area contributed by atoms with E-state index >= 15 is 0 Å². The van der Waals surface area contributed by atoms with E-state index in [1.54, 1.807) is 12.1 Å². The number of aromatic hydroxyl groups is 1. The van der Waals surface area contributed by atoms with Gasteiger partial charge in [0.15, 0.2) is 0 Å². The van der Waals surface area contributed by atoms with E-state index < -0.39 is 22.1 Å². The number of aryl methyl sites for hydroxylation is 1. The predicted molar refractivity (Wildman–Crippen MR) is 83.7 cm³/mol. The molecule has 2 aromatic rings. The lowest BCUT2D eigenvalue weighted by molar-refractivity contribution is -0.138. The van der Waals surface area contributed by atoms with Crippen LogP contribution in [0.2, 0.25) is 0 Å². The molecule has 8 heteroatoms. The summed E-state index contributed by atoms with van der Waals surface area (Å²) in [5.41, 5.74) is 6.74. The van der Waals surface area contributed by atoms with Crippen molar-refractivity contribution in [3.63, 3.8) is 0 Å². The summed E-state index contributed by atoms with van der Waals surface area (Å²) in [4.78, 5) is 10.3. The number of benzene rings is 2. The molecule has 0 spiro atoms. The molecule has 0 aliphatic heterocycles. The highest BCUT2D eigenvalue weighted by Crippen LogP contribution is 2.14. The van der Waals surface area contributed by atoms with Gasteiger partial charge < -0.3 is 15.9 Å². The molecule has 0 amide bonds. The number of carbonyl (C=O) groups is 1. The first-order valence-electron chi connectivity index (χ1n) is 6.42. The largest absolute Gasteiger partial charge is 0.508 e. The molecule has 0 radical (unpaired) electrons. The van der Waals surface area contributed by atoms with Crippen LogP contribution in [0.4, 0.5) is 0 Å². The Morgan fingerprint density at radius 3 is 1.91 bits per heavy atom. The second-order valence-corrected chi connectivity index (χ2v) is 6.12. The van der Waals surface area contributed by atoms with Crippen molar-refractivity contribution in [2.45, 2.75) is 17.9 Å². The smallest absolute Gasteiger partial charge is 0.325 e. The highest BCUT2D eigenvalue weighted by Gasteiger charge is 2.13. The number of carboxylic acid groups (broad SMARTS) is 1. The minimum absolute atomic E-state index is 0.0666. The molecule has 23 heavy (non-hydrogen) atoms. The van der Waals surface area contributed by atoms with Crippen molar-refractivity contribution in [2.24, 2.45) is 5.73 Å². The van der Waals surface area contributed by atoms with Crippen molar-refractivity contribution in [3.8, 4) is 5.75 Å². The Morgan fingerprint density at radius 1 is 1.04 bits per heavy atom. The average Bonchev–Trinajstić information content (AvgIpc) is 2.47. The van der Waals surface area contributed by atoms with Crippen molar-refractivity contribution in [2.75, 3.05) is 0 Å². The molecular weight excluding hydrogens is 322 g/mol. The van der Waals surface area contributed by atoms with Gasteiger partial charge in [0.05, 0.1) is 4.90 Å². The van der Waals surface area contributed by atoms with Crippen molar-refractivity contribution in [3.05, 3.63) is 59.7 Å². The number of rotatable bonds is 3. The summed E-state index contributed by atoms with van der Waals surface area (Å²) >= 11 is 0. The van der Waals surface area contributed by atoms with E-state index in [4.69, 9.17) is 20.5 Å². The zero-order valence-corrected chi connectivity index (χ0v) is 13.1. The Morgan fingerprint density at radius 2 is 1.52 bits per heavy atom. The lowest BCUT2D eigenvalue weighted by Gasteiger charge is -2.05. The molecule has 124 valence electrons. The van der Waals surface area contributed by atoms with Crippen LogP contribution in [0, 0.1) is 6.92 Å². The highest BCUT2D eigenvalue weighted by atomic mass is 32.2. The van der Waals surface area contributed by atoms with Crippen molar-refractivity contribution in [1.29, 1.82) is 0 Å². The topological polar surface area (TPSA) is 138 Å². The monoisotopic (exact) mass is 339 g/mol. The van der Waals surface area contributed by atoms with Crippen LogP contribution in [0.25, 0.3) is 0 Å². The van der Waals surface area contributed by atoms with Crippen molar-refractivity contribution >= 4 is 16.1 Å². The molecule has 0 bridgehead atoms. The van der Waals surface area contributed by atoms with Crippen LogP contribution in [0.15, 0.2) is 53.4 Å². The van der Waals surface area contributed by atoms with Crippen LogP contribution < -0.4 is 5.73 Å². The second kappa shape index (κ2) is 7.73. The molecule has 7 nitrogen and oxygen atoms in total. The van der Waals surface area contributed by atoms with E-state index in [1.165, 1.54) is 36.4 Å². The summed E-state index contributed by atoms with van der Waals surface area (Å²) in [5.74, 6) is -0.989. The average molecular weight is 339 g/mol. The molecule has 0 saturated carbocycles. The third-order valence-corrected chi connectivity index (χ3v) is 3.70. The molecule has 0 heterocycles. The minimum Gasteiger partial charge on any atom is -0.508 e. The maximum absolute atomic E-state index is 10.5. The predicted octanol–water partition coefficient (Wildman–Crippen LogP) is 1.72. The number of hydrogen-bond acceptors (Lipinski definition) is 5. The molecule has 2 aromatic carbocycles. The first-order chi connectivity index (χ1) is 10.6. The molecule has 5 N–H and O–H groups in total. The molecule has 0 unspecified atom stereocenters. The Kier molecular flexibility index (Phi) is 6.26. The number of carboxylic acids is 1. The fourth-order valence-corrected chi connectivity index (χ4v) is 2.01. The van der Waals surface area contributed by atoms with E-state index in [1.807, 2.05) is 6.92 Å². The van der Waals surface area contributed by atoms with Gasteiger partial charge in [0.2, 0.25) is 0 Å². The molecular formula is C15H17NO6S. The van der Waals surface area contributed by atoms with Gasteiger partial charge in [0, 0.05) is 0 Å². The summed E-state index contributed by atoms with van der Waals surface area (Å²) in [6.07, 6.45) is 0. The van der Waals surface area contributed by atoms with Crippen LogP contribution in [0.5, 0.6) is 5.75 Å². The molecule has 1 atom stereocenters. The van der Waals surface area contributed by atoms with Gasteiger partial charge in [0.25, 0.3) is 10.1 Å². The lowest BCUT2D eigenvalue weighted by atomic mass is 10.1. The Labute approximate surface area is 133 Å². The van der Waals surface area contributed by atoms with Crippen LogP contribution in [0.1, 0.15) is 17.2 Å². The van der Waals surface area contributed by atoms with Gasteiger partial charge in [-0.1, -0.05) is 29.8 Å². The molecule has 0 aliphatic carbocycles. The molecule has 0 aliphatic rings. The first-order valence-corrected chi connectivity index (χ1v) is 7.86. The van der Waals surface area contributed by atoms with Crippen LogP contribution in [-0.4, -0.2) is 29.2 Å². The Balaban J connectivity index is 0.000000231. The number of hydrogen-bond donors (Lipinski definition) is 4. The minimum atomic E-state index is -4.02. The number of phenols is 1. The van der Waals surface area contributed by atoms with Gasteiger partial charge in [-0.05, 0) is 36.8 Å². The third-order valence-electron chi connectivity index (χ3n) is 2.84. The fourth-order valence-electron chi connectivity index (χ4n) is 1.53. The molecule has 0 saturated heterocycles. The van der Waals surface area contributed by atoms with Gasteiger partial charge >= 0.3 is 5.97 Å². The molecule has 2 rings (SSSR count). The zero-order valence-electron chi connectivity index (χ0n) is 12.2. The summed E-state index contributed by atoms with van der Waals surface area (Å²) in [7, 11) is -4.02. The molecule has 0 fully saturated rings. The van der Waals surface area contributed by atoms with Crippen molar-refractivity contribution in [1.82, 2.24) is 0 Å². The van der Waals surface area contributed by atoms with E-state index in [0.29, 0.717) is 5.56 Å². The number of nitrogens with two attached hydrogens (primary N) is 1. The first kappa shape index (κ1) is 18.6.